The highest BCUT2D eigenvalue weighted by Gasteiger charge is 2.11. The Morgan fingerprint density at radius 3 is 2.40 bits per heavy atom. The van der Waals surface area contributed by atoms with Crippen LogP contribution in [-0.2, 0) is 15.8 Å². The van der Waals surface area contributed by atoms with Crippen molar-refractivity contribution in [2.45, 2.75) is 11.8 Å². The zero-order chi connectivity index (χ0) is 14.7. The summed E-state index contributed by atoms with van der Waals surface area (Å²) in [6.45, 7) is 1.70. The van der Waals surface area contributed by atoms with Crippen molar-refractivity contribution in [1.82, 2.24) is 0 Å². The highest BCUT2D eigenvalue weighted by Crippen LogP contribution is 2.16. The third-order valence-electron chi connectivity index (χ3n) is 2.60. The molecule has 7 heteroatoms. The molecule has 0 bridgehead atoms. The summed E-state index contributed by atoms with van der Waals surface area (Å²) in [7, 11) is -1.67. The normalized spacial score (nSPS) is 17.9. The van der Waals surface area contributed by atoms with E-state index in [0.29, 0.717) is 16.2 Å². The fourth-order valence-electron chi connectivity index (χ4n) is 1.56. The first kappa shape index (κ1) is 14.0. The number of benzene rings is 1. The summed E-state index contributed by atoms with van der Waals surface area (Å²) in [5, 5.41) is 10.5. The Labute approximate surface area is 117 Å². The van der Waals surface area contributed by atoms with E-state index < -0.39 is 15.9 Å². The van der Waals surface area contributed by atoms with Gasteiger partial charge in [0, 0.05) is 12.1 Å². The van der Waals surface area contributed by atoms with Gasteiger partial charge in [0.05, 0.1) is 15.5 Å². The molecule has 1 aromatic carbocycles. The topological polar surface area (TPSA) is 89.6 Å². The van der Waals surface area contributed by atoms with Gasteiger partial charge in [-0.15, -0.1) is 0 Å². The summed E-state index contributed by atoms with van der Waals surface area (Å²) >= 11 is 0. The van der Waals surface area contributed by atoms with Crippen LogP contribution in [0.1, 0.15) is 6.92 Å². The van der Waals surface area contributed by atoms with Gasteiger partial charge in [0.25, 0.3) is 5.69 Å². The van der Waals surface area contributed by atoms with E-state index in [4.69, 9.17) is 0 Å². The predicted octanol–water partition coefficient (Wildman–Crippen LogP) is 2.14. The molecule has 1 aromatic rings. The molecule has 0 N–H and O–H groups in total. The van der Waals surface area contributed by atoms with Crippen LogP contribution in [0.4, 0.5) is 5.69 Å². The molecule has 20 heavy (non-hydrogen) atoms. The molecule has 0 radical (unpaired) electrons. The first-order valence-corrected chi connectivity index (χ1v) is 6.74. The van der Waals surface area contributed by atoms with Crippen molar-refractivity contribution in [3.8, 4) is 0 Å². The number of nitro groups is 1. The number of hydrogen-bond acceptors (Lipinski definition) is 4. The molecule has 6 nitrogen and oxygen atoms in total. The summed E-state index contributed by atoms with van der Waals surface area (Å²) in [6, 6.07) is 5.34. The van der Waals surface area contributed by atoms with E-state index in [1.165, 1.54) is 42.5 Å². The molecule has 0 fully saturated rings. The standard InChI is InChI=1S/C13H10N2O4S/c1-9-8-11(16)4-7-13(9)14-20(19)12-5-2-10(3-6-12)15(17)18/h2-8H,1H3. The van der Waals surface area contributed by atoms with E-state index in [1.807, 2.05) is 0 Å². The second-order valence-electron chi connectivity index (χ2n) is 4.04. The third kappa shape index (κ3) is 3.12. The van der Waals surface area contributed by atoms with Crippen LogP contribution in [0, 0.1) is 10.1 Å². The van der Waals surface area contributed by atoms with Gasteiger partial charge < -0.3 is 0 Å². The van der Waals surface area contributed by atoms with Crippen LogP contribution >= 0.6 is 0 Å². The van der Waals surface area contributed by atoms with Crippen molar-refractivity contribution in [1.29, 1.82) is 0 Å². The van der Waals surface area contributed by atoms with Crippen LogP contribution < -0.4 is 0 Å². The van der Waals surface area contributed by atoms with E-state index in [2.05, 4.69) is 4.40 Å². The molecule has 1 aliphatic carbocycles. The quantitative estimate of drug-likeness (QED) is 0.484. The number of nitrogens with zero attached hydrogens (tertiary/aromatic N) is 2. The van der Waals surface area contributed by atoms with Gasteiger partial charge in [0.1, 0.15) is 0 Å². The smallest absolute Gasteiger partial charge is 0.269 e. The van der Waals surface area contributed by atoms with Gasteiger partial charge in [-0.2, -0.15) is 4.40 Å². The molecule has 0 saturated heterocycles. The Morgan fingerprint density at radius 2 is 1.85 bits per heavy atom. The molecule has 2 rings (SSSR count). The van der Waals surface area contributed by atoms with E-state index in [-0.39, 0.29) is 11.5 Å². The molecular weight excluding hydrogens is 280 g/mol. The highest BCUT2D eigenvalue weighted by atomic mass is 32.2. The maximum absolute atomic E-state index is 12.0. The van der Waals surface area contributed by atoms with Crippen LogP contribution in [-0.4, -0.2) is 20.6 Å². The highest BCUT2D eigenvalue weighted by molar-refractivity contribution is 7.84. The Bertz CT molecular complexity index is 687. The largest absolute Gasteiger partial charge is 0.290 e. The minimum Gasteiger partial charge on any atom is -0.290 e. The van der Waals surface area contributed by atoms with Gasteiger partial charge in [0.2, 0.25) is 0 Å². The Hall–Kier alpha value is -2.41. The first-order valence-electron chi connectivity index (χ1n) is 5.63. The van der Waals surface area contributed by atoms with Crippen molar-refractivity contribution in [2.24, 2.45) is 4.40 Å². The molecule has 1 aliphatic rings. The number of ketones is 1. The van der Waals surface area contributed by atoms with Gasteiger partial charge in [0.15, 0.2) is 16.8 Å². The minimum atomic E-state index is -1.67. The van der Waals surface area contributed by atoms with Crippen LogP contribution in [0.15, 0.2) is 57.4 Å². The monoisotopic (exact) mass is 290 g/mol. The molecule has 1 atom stereocenters. The lowest BCUT2D eigenvalue weighted by Crippen LogP contribution is -2.06. The number of hydrogen-bond donors (Lipinski definition) is 0. The number of rotatable bonds is 3. The van der Waals surface area contributed by atoms with Gasteiger partial charge in [-0.05, 0) is 42.9 Å². The third-order valence-corrected chi connectivity index (χ3v) is 3.64. The number of non-ortho nitro benzene ring substituents is 1. The second kappa shape index (κ2) is 5.70. The van der Waals surface area contributed by atoms with Crippen molar-refractivity contribution in [3.05, 3.63) is 58.2 Å². The average molecular weight is 290 g/mol. The van der Waals surface area contributed by atoms with Gasteiger partial charge >= 0.3 is 0 Å². The van der Waals surface area contributed by atoms with Crippen molar-refractivity contribution in [3.63, 3.8) is 0 Å². The lowest BCUT2D eigenvalue weighted by molar-refractivity contribution is -0.384. The fourth-order valence-corrected chi connectivity index (χ4v) is 2.41. The zero-order valence-corrected chi connectivity index (χ0v) is 11.3. The number of carbonyl (C=O) groups is 1. The van der Waals surface area contributed by atoms with Crippen LogP contribution in [0.5, 0.6) is 0 Å². The van der Waals surface area contributed by atoms with Crippen molar-refractivity contribution < 1.29 is 13.9 Å². The average Bonchev–Trinajstić information content (AvgIpc) is 2.42. The lowest BCUT2D eigenvalue weighted by Gasteiger charge is -2.05. The van der Waals surface area contributed by atoms with E-state index >= 15 is 0 Å². The maximum atomic E-state index is 12.0. The molecule has 0 aromatic heterocycles. The molecular formula is C13H10N2O4S. The minimum absolute atomic E-state index is 0.0716. The maximum Gasteiger partial charge on any atom is 0.269 e. The Kier molecular flexibility index (Phi) is 3.99. The SMILES string of the molecule is CC1=CC(=O)C=CC1=NS(=O)c1ccc([N+](=O)[O-])cc1. The Balaban J connectivity index is 2.24. The summed E-state index contributed by atoms with van der Waals surface area (Å²) in [4.78, 5) is 21.5. The zero-order valence-electron chi connectivity index (χ0n) is 10.5. The van der Waals surface area contributed by atoms with Crippen molar-refractivity contribution in [2.75, 3.05) is 0 Å². The van der Waals surface area contributed by atoms with E-state index in [9.17, 15) is 19.1 Å². The van der Waals surface area contributed by atoms with Crippen molar-refractivity contribution >= 4 is 28.2 Å². The summed E-state index contributed by atoms with van der Waals surface area (Å²) in [5.74, 6) is -0.137. The summed E-state index contributed by atoms with van der Waals surface area (Å²) in [6.07, 6.45) is 4.26. The molecule has 0 spiro atoms. The van der Waals surface area contributed by atoms with E-state index in [1.54, 1.807) is 6.92 Å². The summed E-state index contributed by atoms with van der Waals surface area (Å²) in [5.41, 5.74) is 1.02. The molecule has 0 aliphatic heterocycles. The number of nitro benzene ring substituents is 1. The van der Waals surface area contributed by atoms with Gasteiger partial charge in [-0.3, -0.25) is 14.9 Å². The van der Waals surface area contributed by atoms with E-state index in [0.717, 1.165) is 0 Å². The fraction of sp³-hybridized carbons (Fsp3) is 0.0769. The lowest BCUT2D eigenvalue weighted by atomic mass is 10.1. The Morgan fingerprint density at radius 1 is 1.20 bits per heavy atom. The number of allylic oxidation sites excluding steroid dienone is 4. The molecule has 0 saturated carbocycles. The van der Waals surface area contributed by atoms with Crippen LogP contribution in [0.3, 0.4) is 0 Å². The van der Waals surface area contributed by atoms with Gasteiger partial charge in [-0.1, -0.05) is 0 Å². The molecule has 0 amide bonds. The molecule has 102 valence electrons. The molecule has 0 heterocycles. The first-order chi connectivity index (χ1) is 9.47. The second-order valence-corrected chi connectivity index (χ2v) is 5.19. The van der Waals surface area contributed by atoms with Crippen LogP contribution in [0.25, 0.3) is 0 Å². The predicted molar refractivity (Wildman–Crippen MR) is 74.8 cm³/mol. The van der Waals surface area contributed by atoms with Crippen LogP contribution in [0.2, 0.25) is 0 Å². The number of carbonyl (C=O) groups excluding carboxylic acids is 1. The summed E-state index contributed by atoms with van der Waals surface area (Å²) < 4.78 is 16.0. The molecule has 1 unspecified atom stereocenters. The van der Waals surface area contributed by atoms with Gasteiger partial charge in [-0.25, -0.2) is 4.21 Å².